The van der Waals surface area contributed by atoms with Crippen LogP contribution < -0.4 is 5.32 Å². The molecule has 2 nitrogen and oxygen atoms in total. The first kappa shape index (κ1) is 11.2. The van der Waals surface area contributed by atoms with E-state index < -0.39 is 0 Å². The first-order valence-corrected chi connectivity index (χ1v) is 6.01. The molecule has 1 aromatic carbocycles. The second-order valence-electron chi connectivity index (χ2n) is 4.40. The third-order valence-corrected chi connectivity index (χ3v) is 3.09. The summed E-state index contributed by atoms with van der Waals surface area (Å²) in [4.78, 5) is 3.48. The molecule has 0 aliphatic rings. The number of hydrogen-bond acceptors (Lipinski definition) is 1. The fourth-order valence-corrected chi connectivity index (χ4v) is 2.17. The van der Waals surface area contributed by atoms with Gasteiger partial charge in [-0.2, -0.15) is 0 Å². The number of hydrogen-bond donors (Lipinski definition) is 2. The Bertz CT molecular complexity index is 483. The second-order valence-corrected chi connectivity index (χ2v) is 4.40. The van der Waals surface area contributed by atoms with Crippen LogP contribution in [0.15, 0.2) is 18.2 Å². The summed E-state index contributed by atoms with van der Waals surface area (Å²) in [6.07, 6.45) is 1.18. The van der Waals surface area contributed by atoms with Gasteiger partial charge < -0.3 is 10.3 Å². The van der Waals surface area contributed by atoms with E-state index in [0.29, 0.717) is 0 Å². The van der Waals surface area contributed by atoms with E-state index in [1.807, 2.05) is 0 Å². The molecule has 2 heteroatoms. The fourth-order valence-electron chi connectivity index (χ4n) is 2.17. The van der Waals surface area contributed by atoms with Crippen LogP contribution >= 0.6 is 0 Å². The number of aromatic nitrogens is 1. The molecule has 0 bridgehead atoms. The van der Waals surface area contributed by atoms with Crippen LogP contribution in [0, 0.1) is 13.8 Å². The summed E-state index contributed by atoms with van der Waals surface area (Å²) in [5.74, 6) is 0. The third-order valence-electron chi connectivity index (χ3n) is 3.09. The molecule has 2 aromatic rings. The van der Waals surface area contributed by atoms with Gasteiger partial charge in [0.2, 0.25) is 0 Å². The van der Waals surface area contributed by atoms with E-state index in [4.69, 9.17) is 0 Å². The van der Waals surface area contributed by atoms with Gasteiger partial charge in [0.15, 0.2) is 0 Å². The van der Waals surface area contributed by atoms with Crippen molar-refractivity contribution in [3.63, 3.8) is 0 Å². The Morgan fingerprint density at radius 2 is 2.06 bits per heavy atom. The lowest BCUT2D eigenvalue weighted by molar-refractivity contribution is 0.675. The number of H-pyrrole nitrogens is 1. The molecule has 0 spiro atoms. The molecule has 0 fully saturated rings. The van der Waals surface area contributed by atoms with Crippen molar-refractivity contribution >= 4 is 10.9 Å². The Balaban J connectivity index is 2.36. The van der Waals surface area contributed by atoms with Gasteiger partial charge in [-0.3, -0.25) is 0 Å². The van der Waals surface area contributed by atoms with Gasteiger partial charge in [-0.05, 0) is 37.9 Å². The Morgan fingerprint density at radius 1 is 1.25 bits per heavy atom. The zero-order valence-electron chi connectivity index (χ0n) is 10.4. The van der Waals surface area contributed by atoms with Crippen molar-refractivity contribution in [3.05, 3.63) is 35.0 Å². The highest BCUT2D eigenvalue weighted by atomic mass is 14.9. The molecule has 0 amide bonds. The summed E-state index contributed by atoms with van der Waals surface area (Å²) in [7, 11) is 0. The molecule has 0 unspecified atom stereocenters. The lowest BCUT2D eigenvalue weighted by atomic mass is 10.1. The molecule has 0 atom stereocenters. The van der Waals surface area contributed by atoms with Crippen molar-refractivity contribution in [1.29, 1.82) is 0 Å². The maximum absolute atomic E-state index is 3.48. The average molecular weight is 216 g/mol. The molecule has 0 aliphatic heterocycles. The Labute approximate surface area is 97.1 Å². The predicted octanol–water partition coefficient (Wildman–Crippen LogP) is 3.28. The molecule has 16 heavy (non-hydrogen) atoms. The standard InChI is InChI=1S/C14H20N2/c1-4-8-15-9-13-11(3)16-14-10(2)6-5-7-12(13)14/h5-7,15-16H,4,8-9H2,1-3H3. The van der Waals surface area contributed by atoms with Crippen molar-refractivity contribution < 1.29 is 0 Å². The maximum Gasteiger partial charge on any atom is 0.0489 e. The molecule has 0 saturated carbocycles. The predicted molar refractivity (Wildman–Crippen MR) is 69.8 cm³/mol. The largest absolute Gasteiger partial charge is 0.358 e. The van der Waals surface area contributed by atoms with E-state index in [9.17, 15) is 0 Å². The minimum absolute atomic E-state index is 0.961. The summed E-state index contributed by atoms with van der Waals surface area (Å²) in [5.41, 5.74) is 5.30. The van der Waals surface area contributed by atoms with Crippen molar-refractivity contribution in [2.45, 2.75) is 33.7 Å². The first-order chi connectivity index (χ1) is 7.74. The Kier molecular flexibility index (Phi) is 3.30. The summed E-state index contributed by atoms with van der Waals surface area (Å²) in [6, 6.07) is 6.49. The van der Waals surface area contributed by atoms with E-state index in [1.54, 1.807) is 0 Å². The van der Waals surface area contributed by atoms with Crippen molar-refractivity contribution in [1.82, 2.24) is 10.3 Å². The van der Waals surface area contributed by atoms with Gasteiger partial charge in [0.1, 0.15) is 0 Å². The normalized spacial score (nSPS) is 11.2. The zero-order valence-corrected chi connectivity index (χ0v) is 10.4. The monoisotopic (exact) mass is 216 g/mol. The smallest absolute Gasteiger partial charge is 0.0489 e. The molecular weight excluding hydrogens is 196 g/mol. The van der Waals surface area contributed by atoms with Crippen LogP contribution in [0.2, 0.25) is 0 Å². The van der Waals surface area contributed by atoms with Crippen LogP contribution in [-0.4, -0.2) is 11.5 Å². The molecule has 2 N–H and O–H groups in total. The number of benzene rings is 1. The molecule has 86 valence electrons. The van der Waals surface area contributed by atoms with Gasteiger partial charge in [-0.15, -0.1) is 0 Å². The summed E-state index contributed by atoms with van der Waals surface area (Å²) >= 11 is 0. The van der Waals surface area contributed by atoms with Crippen molar-refractivity contribution in [3.8, 4) is 0 Å². The molecule has 0 radical (unpaired) electrons. The SMILES string of the molecule is CCCNCc1c(C)[nH]c2c(C)cccc12. The van der Waals surface area contributed by atoms with E-state index in [-0.39, 0.29) is 0 Å². The summed E-state index contributed by atoms with van der Waals surface area (Å²) in [5, 5.41) is 4.83. The maximum atomic E-state index is 3.48. The van der Waals surface area contributed by atoms with E-state index in [2.05, 4.69) is 49.3 Å². The lowest BCUT2D eigenvalue weighted by Crippen LogP contribution is -2.14. The fraction of sp³-hybridized carbons (Fsp3) is 0.429. The number of nitrogens with one attached hydrogen (secondary N) is 2. The number of fused-ring (bicyclic) bond motifs is 1. The van der Waals surface area contributed by atoms with Crippen LogP contribution in [0.3, 0.4) is 0 Å². The molecular formula is C14H20N2. The number of aryl methyl sites for hydroxylation is 2. The highest BCUT2D eigenvalue weighted by Gasteiger charge is 2.08. The van der Waals surface area contributed by atoms with Gasteiger partial charge in [0.05, 0.1) is 0 Å². The third kappa shape index (κ3) is 1.98. The van der Waals surface area contributed by atoms with E-state index >= 15 is 0 Å². The van der Waals surface area contributed by atoms with Gasteiger partial charge in [-0.1, -0.05) is 25.1 Å². The molecule has 2 rings (SSSR count). The first-order valence-electron chi connectivity index (χ1n) is 6.01. The Morgan fingerprint density at radius 3 is 2.81 bits per heavy atom. The zero-order chi connectivity index (χ0) is 11.5. The minimum atomic E-state index is 0.961. The second kappa shape index (κ2) is 4.71. The lowest BCUT2D eigenvalue weighted by Gasteiger charge is -2.03. The van der Waals surface area contributed by atoms with Crippen LogP contribution in [0.1, 0.15) is 30.2 Å². The molecule has 1 heterocycles. The highest BCUT2D eigenvalue weighted by Crippen LogP contribution is 2.24. The molecule has 0 aliphatic carbocycles. The minimum Gasteiger partial charge on any atom is -0.358 e. The number of para-hydroxylation sites is 1. The Hall–Kier alpha value is -1.28. The van der Waals surface area contributed by atoms with Crippen LogP contribution in [0.25, 0.3) is 10.9 Å². The quantitative estimate of drug-likeness (QED) is 0.754. The van der Waals surface area contributed by atoms with Gasteiger partial charge >= 0.3 is 0 Å². The van der Waals surface area contributed by atoms with Gasteiger partial charge in [0, 0.05) is 23.1 Å². The van der Waals surface area contributed by atoms with E-state index in [0.717, 1.165) is 13.1 Å². The average Bonchev–Trinajstić information content (AvgIpc) is 2.58. The van der Waals surface area contributed by atoms with Gasteiger partial charge in [-0.25, -0.2) is 0 Å². The number of aromatic amines is 1. The van der Waals surface area contributed by atoms with E-state index in [1.165, 1.54) is 34.1 Å². The van der Waals surface area contributed by atoms with Gasteiger partial charge in [0.25, 0.3) is 0 Å². The highest BCUT2D eigenvalue weighted by molar-refractivity contribution is 5.87. The topological polar surface area (TPSA) is 27.8 Å². The molecule has 1 aromatic heterocycles. The number of rotatable bonds is 4. The summed E-state index contributed by atoms with van der Waals surface area (Å²) < 4.78 is 0. The van der Waals surface area contributed by atoms with Crippen LogP contribution in [0.4, 0.5) is 0 Å². The van der Waals surface area contributed by atoms with Crippen molar-refractivity contribution in [2.75, 3.05) is 6.54 Å². The van der Waals surface area contributed by atoms with Crippen LogP contribution in [0.5, 0.6) is 0 Å². The summed E-state index contributed by atoms with van der Waals surface area (Å²) in [6.45, 7) is 8.55. The van der Waals surface area contributed by atoms with Crippen molar-refractivity contribution in [2.24, 2.45) is 0 Å². The van der Waals surface area contributed by atoms with Crippen LogP contribution in [-0.2, 0) is 6.54 Å². The molecule has 0 saturated heterocycles.